The number of likely N-dealkylation sites (tertiary alicyclic amines) is 1. The summed E-state index contributed by atoms with van der Waals surface area (Å²) < 4.78 is 22.5. The van der Waals surface area contributed by atoms with E-state index in [1.54, 1.807) is 25.4 Å². The highest BCUT2D eigenvalue weighted by Crippen LogP contribution is 2.65. The van der Waals surface area contributed by atoms with Gasteiger partial charge in [0.05, 0.1) is 7.05 Å². The van der Waals surface area contributed by atoms with Gasteiger partial charge in [0.1, 0.15) is 29.3 Å². The van der Waals surface area contributed by atoms with Gasteiger partial charge in [0.15, 0.2) is 0 Å². The topological polar surface area (TPSA) is 73.2 Å². The van der Waals surface area contributed by atoms with Crippen LogP contribution in [0.15, 0.2) is 30.5 Å². The first kappa shape index (κ1) is 23.8. The van der Waals surface area contributed by atoms with E-state index in [4.69, 9.17) is 4.74 Å². The highest BCUT2D eigenvalue weighted by atomic mass is 19.1. The van der Waals surface area contributed by atoms with Gasteiger partial charge < -0.3 is 10.1 Å². The van der Waals surface area contributed by atoms with Gasteiger partial charge in [0, 0.05) is 56.3 Å². The molecule has 5 atom stereocenters. The van der Waals surface area contributed by atoms with Crippen LogP contribution in [-0.2, 0) is 16.6 Å². The van der Waals surface area contributed by atoms with Crippen molar-refractivity contribution in [3.63, 3.8) is 0 Å². The van der Waals surface area contributed by atoms with Crippen molar-refractivity contribution in [2.75, 3.05) is 20.3 Å². The number of nitrogens with one attached hydrogen (secondary N) is 1. The van der Waals surface area contributed by atoms with Crippen molar-refractivity contribution in [1.82, 2.24) is 19.6 Å². The fraction of sp³-hybridized carbons (Fsp3) is 0.607. The summed E-state index contributed by atoms with van der Waals surface area (Å²) in [7, 11) is 3.64. The second-order valence-electron chi connectivity index (χ2n) is 11.7. The number of nitrogens with zero attached hydrogens (tertiary/aromatic N) is 3. The van der Waals surface area contributed by atoms with Crippen LogP contribution in [0, 0.1) is 23.1 Å². The molecule has 2 aliphatic heterocycles. The normalized spacial score (nSPS) is 34.7. The van der Waals surface area contributed by atoms with Crippen molar-refractivity contribution in [2.24, 2.45) is 24.3 Å². The summed E-state index contributed by atoms with van der Waals surface area (Å²) >= 11 is 0. The molecular formula is C28H36FN4O3+. The number of amides is 2. The van der Waals surface area contributed by atoms with Crippen LogP contribution in [0.1, 0.15) is 67.4 Å². The number of fused-ring (bicyclic) bond motifs is 1. The van der Waals surface area contributed by atoms with Crippen LogP contribution in [0.2, 0.25) is 0 Å². The van der Waals surface area contributed by atoms with E-state index in [2.05, 4.69) is 17.3 Å². The average Bonchev–Trinajstić information content (AvgIpc) is 3.36. The second kappa shape index (κ2) is 8.48. The van der Waals surface area contributed by atoms with E-state index < -0.39 is 6.04 Å². The molecular weight excluding hydrogens is 459 g/mol. The van der Waals surface area contributed by atoms with Gasteiger partial charge in [-0.3, -0.25) is 9.48 Å². The maximum atomic E-state index is 15.5. The number of hydrogen-bond acceptors (Lipinski definition) is 4. The lowest BCUT2D eigenvalue weighted by atomic mass is 9.64. The first-order valence-electron chi connectivity index (χ1n) is 13.3. The SMILES string of the molecule is Cn1nccc1C(=O)N[C@@H]1C(=O)[N+](C)(c2ccc(C3CCOCC3)c(F)c2)C2CC2(C)C1C1CCC1. The number of hydrogen-bond donors (Lipinski definition) is 1. The minimum absolute atomic E-state index is 0.0288. The summed E-state index contributed by atoms with van der Waals surface area (Å²) in [6.07, 6.45) is 7.47. The zero-order valence-electron chi connectivity index (χ0n) is 21.4. The van der Waals surface area contributed by atoms with Crippen LogP contribution in [0.5, 0.6) is 0 Å². The minimum atomic E-state index is -0.621. The summed E-state index contributed by atoms with van der Waals surface area (Å²) in [4.78, 5) is 27.6. The standard InChI is InChI=1S/C28H35FN4O3/c1-28-16-23(28)33(3,19-7-8-20(21(29)15-19)17-10-13-36-14-11-17)27(35)25(24(28)18-5-4-6-18)31-26(34)22-9-12-30-32(22)2/h7-9,12,15,17-18,23-25H,4-6,10-11,13-14,16H2,1-3H3/p+1/t23?,24?,25-,28?,33?/m0/s1. The first-order valence-corrected chi connectivity index (χ1v) is 13.3. The maximum Gasteiger partial charge on any atom is 0.341 e. The van der Waals surface area contributed by atoms with E-state index in [9.17, 15) is 9.59 Å². The molecule has 2 amide bonds. The average molecular weight is 496 g/mol. The third-order valence-electron chi connectivity index (χ3n) is 9.88. The maximum absolute atomic E-state index is 15.5. The molecule has 4 fully saturated rings. The van der Waals surface area contributed by atoms with Gasteiger partial charge in [0.25, 0.3) is 5.91 Å². The van der Waals surface area contributed by atoms with Gasteiger partial charge in [-0.15, -0.1) is 0 Å². The highest BCUT2D eigenvalue weighted by Gasteiger charge is 2.75. The molecule has 3 heterocycles. The number of aromatic nitrogens is 2. The largest absolute Gasteiger partial charge is 0.381 e. The predicted octanol–water partition coefficient (Wildman–Crippen LogP) is 3.92. The van der Waals surface area contributed by atoms with Crippen molar-refractivity contribution in [2.45, 2.75) is 63.5 Å². The lowest BCUT2D eigenvalue weighted by Crippen LogP contribution is -2.69. The van der Waals surface area contributed by atoms with Crippen molar-refractivity contribution in [3.05, 3.63) is 47.5 Å². The molecule has 36 heavy (non-hydrogen) atoms. The lowest BCUT2D eigenvalue weighted by Gasteiger charge is -2.49. The molecule has 1 aromatic heterocycles. The van der Waals surface area contributed by atoms with E-state index in [1.807, 2.05) is 19.2 Å². The Hall–Kier alpha value is -2.58. The quantitative estimate of drug-likeness (QED) is 0.638. The van der Waals surface area contributed by atoms with Crippen LogP contribution in [0.25, 0.3) is 0 Å². The molecule has 0 bridgehead atoms. The van der Waals surface area contributed by atoms with Crippen LogP contribution >= 0.6 is 0 Å². The Morgan fingerprint density at radius 1 is 1.22 bits per heavy atom. The molecule has 7 nitrogen and oxygen atoms in total. The molecule has 8 heteroatoms. The summed E-state index contributed by atoms with van der Waals surface area (Å²) in [5.74, 6) is 0.106. The Morgan fingerprint density at radius 2 is 1.97 bits per heavy atom. The Balaban J connectivity index is 1.36. The smallest absolute Gasteiger partial charge is 0.341 e. The molecule has 2 aromatic rings. The first-order chi connectivity index (χ1) is 17.2. The Labute approximate surface area is 211 Å². The number of rotatable bonds is 5. The molecule has 192 valence electrons. The Bertz CT molecular complexity index is 1200. The van der Waals surface area contributed by atoms with Crippen LogP contribution < -0.4 is 9.80 Å². The van der Waals surface area contributed by atoms with Crippen molar-refractivity contribution in [3.8, 4) is 0 Å². The summed E-state index contributed by atoms with van der Waals surface area (Å²) in [5, 5.41) is 7.24. The van der Waals surface area contributed by atoms with Gasteiger partial charge in [-0.2, -0.15) is 5.10 Å². The zero-order valence-corrected chi connectivity index (χ0v) is 21.4. The van der Waals surface area contributed by atoms with Crippen LogP contribution in [0.3, 0.4) is 0 Å². The van der Waals surface area contributed by atoms with E-state index in [0.717, 1.165) is 32.1 Å². The van der Waals surface area contributed by atoms with Crippen LogP contribution in [0.4, 0.5) is 10.1 Å². The van der Waals surface area contributed by atoms with E-state index >= 15 is 4.39 Å². The van der Waals surface area contributed by atoms with E-state index in [1.165, 1.54) is 11.1 Å². The van der Waals surface area contributed by atoms with Crippen molar-refractivity contribution >= 4 is 17.5 Å². The van der Waals surface area contributed by atoms with Gasteiger partial charge in [-0.1, -0.05) is 26.2 Å². The minimum Gasteiger partial charge on any atom is -0.381 e. The predicted molar refractivity (Wildman–Crippen MR) is 134 cm³/mol. The summed E-state index contributed by atoms with van der Waals surface area (Å²) in [6, 6.07) is 6.53. The number of carbonyl (C=O) groups is 2. The third-order valence-corrected chi connectivity index (χ3v) is 9.88. The van der Waals surface area contributed by atoms with Gasteiger partial charge >= 0.3 is 5.91 Å². The molecule has 0 spiro atoms. The van der Waals surface area contributed by atoms with Gasteiger partial charge in [-0.25, -0.2) is 13.7 Å². The Kier molecular flexibility index (Phi) is 5.61. The van der Waals surface area contributed by atoms with Crippen molar-refractivity contribution < 1.29 is 18.7 Å². The molecule has 6 rings (SSSR count). The monoisotopic (exact) mass is 495 g/mol. The van der Waals surface area contributed by atoms with Gasteiger partial charge in [-0.05, 0) is 42.4 Å². The zero-order chi connectivity index (χ0) is 25.2. The number of likely N-dealkylation sites (N-methyl/N-ethyl adjacent to an activating group) is 1. The highest BCUT2D eigenvalue weighted by molar-refractivity contribution is 6.01. The molecule has 1 aromatic carbocycles. The molecule has 1 N–H and O–H groups in total. The third kappa shape index (κ3) is 3.48. The number of piperidine rings is 1. The lowest BCUT2D eigenvalue weighted by molar-refractivity contribution is -0.140. The fourth-order valence-electron chi connectivity index (χ4n) is 7.49. The number of carbonyl (C=O) groups excluding carboxylic acids is 2. The van der Waals surface area contributed by atoms with Crippen LogP contribution in [-0.4, -0.2) is 53.9 Å². The Morgan fingerprint density at radius 3 is 2.58 bits per heavy atom. The molecule has 2 saturated heterocycles. The van der Waals surface area contributed by atoms with Crippen molar-refractivity contribution in [1.29, 1.82) is 0 Å². The second-order valence-corrected chi connectivity index (χ2v) is 11.7. The number of aryl methyl sites for hydroxylation is 1. The summed E-state index contributed by atoms with van der Waals surface area (Å²) in [5.41, 5.74) is 1.74. The molecule has 2 saturated carbocycles. The number of halogens is 1. The molecule has 4 unspecified atom stereocenters. The molecule has 0 radical (unpaired) electrons. The van der Waals surface area contributed by atoms with Gasteiger partial charge in [0.2, 0.25) is 0 Å². The number of benzene rings is 1. The van der Waals surface area contributed by atoms with E-state index in [-0.39, 0.29) is 45.4 Å². The fourth-order valence-corrected chi connectivity index (χ4v) is 7.49. The molecule has 4 aliphatic rings. The van der Waals surface area contributed by atoms with E-state index in [0.29, 0.717) is 36.1 Å². The number of ether oxygens (including phenoxy) is 1. The number of quaternary nitrogens is 1. The summed E-state index contributed by atoms with van der Waals surface area (Å²) in [6.45, 7) is 3.57. The molecule has 2 aliphatic carbocycles.